The van der Waals surface area contributed by atoms with Crippen molar-refractivity contribution in [2.45, 2.75) is 151 Å². The van der Waals surface area contributed by atoms with Crippen LogP contribution in [0, 0.1) is 11.8 Å². The van der Waals surface area contributed by atoms with Gasteiger partial charge >= 0.3 is 71.1 Å². The van der Waals surface area contributed by atoms with Gasteiger partial charge in [0.15, 0.2) is 0 Å². The summed E-state index contributed by atoms with van der Waals surface area (Å²) in [5.74, 6) is -7.11. The molecule has 4 aliphatic rings. The van der Waals surface area contributed by atoms with Gasteiger partial charge in [-0.1, -0.05) is 98.8 Å². The van der Waals surface area contributed by atoms with E-state index in [1.54, 1.807) is 62.4 Å². The summed E-state index contributed by atoms with van der Waals surface area (Å²) in [4.78, 5) is 105. The quantitative estimate of drug-likeness (QED) is 0.0345. The van der Waals surface area contributed by atoms with E-state index in [1.807, 2.05) is 60.7 Å². The second-order valence-corrected chi connectivity index (χ2v) is 32.7. The largest absolute Gasteiger partial charge is 1.00 e. The third-order valence-corrected chi connectivity index (χ3v) is 25.6. The molecule has 0 atom stereocenters. The minimum Gasteiger partial charge on any atom is -0.545 e. The van der Waals surface area contributed by atoms with E-state index >= 15 is 0 Å². The van der Waals surface area contributed by atoms with Crippen molar-refractivity contribution in [2.75, 3.05) is 70.3 Å². The predicted molar refractivity (Wildman–Crippen MR) is 428 cm³/mol. The molecule has 8 N–H and O–H groups in total. The summed E-state index contributed by atoms with van der Waals surface area (Å²) < 4.78 is 58.3. The van der Waals surface area contributed by atoms with E-state index in [4.69, 9.17) is 0 Å². The van der Waals surface area contributed by atoms with Crippen molar-refractivity contribution in [3.8, 4) is 0 Å². The molecule has 0 spiro atoms. The smallest absolute Gasteiger partial charge is 0.545 e. The SMILES string of the molecule is CCN([C@H]1CC[C@H](C(=O)O)CC1)S(=O)(=O)c1cccc(C(=O)Nc2ccc(N3CCCCC3)cc2C(=O)Nc2ccc(CCc3ccc(C(=O)[O-])cc3)cc2)c1.CCN([C@H]1CC[C@H](C(=O)O)CC1)S(=O)(=O)c1cccc(C(=O)Nc2ccc(N3CCCCC3)cc2C(=O)Nc2ccc(CCc3ccc(C(=O)[O-])cc3)cc2)c1.O.[Na+].[Na+]. The number of anilines is 6. The Morgan fingerprint density at radius 2 is 0.704 bits per heavy atom. The normalized spacial score (nSPS) is 16.8. The second kappa shape index (κ2) is 42.7. The van der Waals surface area contributed by atoms with Gasteiger partial charge in [-0.3, -0.25) is 28.8 Å². The molecule has 2 aliphatic heterocycles. The summed E-state index contributed by atoms with van der Waals surface area (Å²) in [5, 5.41) is 52.5. The molecule has 29 heteroatoms. The van der Waals surface area contributed by atoms with E-state index in [-0.39, 0.29) is 144 Å². The van der Waals surface area contributed by atoms with Crippen molar-refractivity contribution < 1.29 is 140 Å². The van der Waals surface area contributed by atoms with Crippen LogP contribution in [0.2, 0.25) is 0 Å². The van der Waals surface area contributed by atoms with Crippen LogP contribution in [0.4, 0.5) is 34.1 Å². The number of hydrogen-bond donors (Lipinski definition) is 6. The van der Waals surface area contributed by atoms with E-state index in [0.29, 0.717) is 88.4 Å². The van der Waals surface area contributed by atoms with E-state index in [0.717, 1.165) is 98.3 Å². The molecular formula is C86H96N8Na2O17S2. The van der Waals surface area contributed by atoms with Crippen LogP contribution in [-0.4, -0.2) is 140 Å². The first-order valence-electron chi connectivity index (χ1n) is 38.4. The number of rotatable bonds is 28. The molecule has 4 fully saturated rings. The van der Waals surface area contributed by atoms with E-state index in [1.165, 1.54) is 81.4 Å². The number of hydrogen-bond acceptors (Lipinski definition) is 16. The fourth-order valence-corrected chi connectivity index (χ4v) is 18.7. The van der Waals surface area contributed by atoms with E-state index in [2.05, 4.69) is 31.1 Å². The number of carboxylic acid groups (broad SMARTS) is 4. The fraction of sp³-hybridized carbons (Fsp3) is 0.349. The van der Waals surface area contributed by atoms with Gasteiger partial charge in [0.05, 0.1) is 56.1 Å². The predicted octanol–water partition coefficient (Wildman–Crippen LogP) is 5.15. The molecule has 2 saturated carbocycles. The first-order valence-corrected chi connectivity index (χ1v) is 41.2. The summed E-state index contributed by atoms with van der Waals surface area (Å²) in [6, 6.07) is 49.8. The van der Waals surface area contributed by atoms with Gasteiger partial charge in [0.2, 0.25) is 20.0 Å². The van der Waals surface area contributed by atoms with Crippen molar-refractivity contribution >= 4 is 102 Å². The number of carbonyl (C=O) groups is 8. The van der Waals surface area contributed by atoms with Crippen LogP contribution < -0.4 is 100 Å². The average Bonchev–Trinajstić information content (AvgIpc) is 0.803. The van der Waals surface area contributed by atoms with Crippen LogP contribution in [-0.2, 0) is 55.3 Å². The molecule has 0 unspecified atom stereocenters. The Kier molecular flexibility index (Phi) is 33.9. The number of carboxylic acids is 4. The molecule has 12 rings (SSSR count). The van der Waals surface area contributed by atoms with Gasteiger partial charge in [0.1, 0.15) is 0 Å². The number of amides is 4. The molecule has 8 aromatic rings. The number of aryl methyl sites for hydroxylation is 4. The zero-order chi connectivity index (χ0) is 79.6. The molecular weight excluding hydrogens is 1530 g/mol. The Hall–Kier alpha value is -9.10. The number of carbonyl (C=O) groups excluding carboxylic acids is 6. The maximum atomic E-state index is 13.9. The Bertz CT molecular complexity index is 4640. The molecule has 8 aromatic carbocycles. The van der Waals surface area contributed by atoms with E-state index < -0.39 is 79.4 Å². The molecule has 596 valence electrons. The molecule has 0 radical (unpaired) electrons. The van der Waals surface area contributed by atoms with Crippen LogP contribution in [0.1, 0.15) is 188 Å². The summed E-state index contributed by atoms with van der Waals surface area (Å²) in [6.07, 6.45) is 12.6. The van der Waals surface area contributed by atoms with E-state index in [9.17, 15) is 75.6 Å². The summed E-state index contributed by atoms with van der Waals surface area (Å²) in [5.41, 5.74) is 8.41. The second-order valence-electron chi connectivity index (χ2n) is 28.9. The van der Waals surface area contributed by atoms with Gasteiger partial charge in [0.25, 0.3) is 23.6 Å². The Labute approximate surface area is 715 Å². The maximum absolute atomic E-state index is 13.9. The first-order chi connectivity index (χ1) is 53.8. The molecule has 0 aromatic heterocycles. The molecule has 115 heavy (non-hydrogen) atoms. The third-order valence-electron chi connectivity index (χ3n) is 21.6. The fourth-order valence-electron chi connectivity index (χ4n) is 15.2. The molecule has 25 nitrogen and oxygen atoms in total. The average molecular weight is 1620 g/mol. The Balaban J connectivity index is 0.000000280. The van der Waals surface area contributed by atoms with Gasteiger partial charge in [0, 0.05) is 85.2 Å². The monoisotopic (exact) mass is 1620 g/mol. The summed E-state index contributed by atoms with van der Waals surface area (Å²) in [6.45, 7) is 7.31. The van der Waals surface area contributed by atoms with Crippen molar-refractivity contribution in [3.63, 3.8) is 0 Å². The standard InChI is InChI=1S/2C43H48N4O8S.2Na.H2O/c2*1-2-47(35-21-17-32(18-22-35)43(52)53)56(54,55)37-8-6-7-33(27-37)40(48)45-39-24-23-36(46-25-4-3-5-26-46)28-38(39)41(49)44-34-19-13-30(14-20-34)10-9-29-11-15-31(16-12-29)42(50)51;;;/h2*6-8,11-16,19-20,23-24,27-28,32,35H,2-5,9-10,17-18,21-22,25-26H2,1H3,(H,44,49)(H,45,48)(H,50,51)(H,52,53);;;1H2/q;;2*+1;/p-2/t2*32-,35-;;;. The van der Waals surface area contributed by atoms with Crippen molar-refractivity contribution in [3.05, 3.63) is 238 Å². The van der Waals surface area contributed by atoms with Crippen LogP contribution in [0.25, 0.3) is 0 Å². The number of benzene rings is 8. The summed E-state index contributed by atoms with van der Waals surface area (Å²) in [7, 11) is -8.01. The minimum atomic E-state index is -4.00. The molecule has 0 bridgehead atoms. The van der Waals surface area contributed by atoms with Gasteiger partial charge < -0.3 is 66.6 Å². The zero-order valence-electron chi connectivity index (χ0n) is 65.3. The van der Waals surface area contributed by atoms with Crippen molar-refractivity contribution in [1.82, 2.24) is 8.61 Å². The van der Waals surface area contributed by atoms with Crippen molar-refractivity contribution in [2.24, 2.45) is 11.8 Å². The van der Waals surface area contributed by atoms with Gasteiger partial charge in [-0.25, -0.2) is 16.8 Å². The van der Waals surface area contributed by atoms with Gasteiger partial charge in [-0.2, -0.15) is 8.61 Å². The Morgan fingerprint density at radius 3 is 1.00 bits per heavy atom. The number of aliphatic carboxylic acids is 2. The van der Waals surface area contributed by atoms with Gasteiger partial charge in [-0.15, -0.1) is 0 Å². The first kappa shape index (κ1) is 91.4. The molecule has 2 heterocycles. The third kappa shape index (κ3) is 24.1. The number of nitrogens with one attached hydrogen (secondary N) is 4. The Morgan fingerprint density at radius 1 is 0.391 bits per heavy atom. The van der Waals surface area contributed by atoms with Crippen molar-refractivity contribution in [1.29, 1.82) is 0 Å². The number of aromatic carboxylic acids is 2. The number of sulfonamides is 2. The molecule has 2 saturated heterocycles. The molecule has 4 amide bonds. The summed E-state index contributed by atoms with van der Waals surface area (Å²) >= 11 is 0. The van der Waals surface area contributed by atoms with Crippen LogP contribution in [0.5, 0.6) is 0 Å². The number of piperidine rings is 2. The van der Waals surface area contributed by atoms with Crippen LogP contribution in [0.3, 0.4) is 0 Å². The van der Waals surface area contributed by atoms with Gasteiger partial charge in [-0.05, 0) is 246 Å². The zero-order valence-corrected chi connectivity index (χ0v) is 70.9. The topological polar surface area (TPSA) is 384 Å². The van der Waals surface area contributed by atoms with Crippen LogP contribution >= 0.6 is 0 Å². The maximum Gasteiger partial charge on any atom is 1.00 e. The number of nitrogens with zero attached hydrogens (tertiary/aromatic N) is 4. The minimum absolute atomic E-state index is 0. The van der Waals surface area contributed by atoms with Crippen LogP contribution in [0.15, 0.2) is 192 Å². The molecule has 2 aliphatic carbocycles.